The predicted octanol–water partition coefficient (Wildman–Crippen LogP) is 3.31. The van der Waals surface area contributed by atoms with Crippen molar-refractivity contribution in [3.05, 3.63) is 47.8 Å². The Morgan fingerprint density at radius 2 is 2.03 bits per heavy atom. The van der Waals surface area contributed by atoms with Crippen molar-refractivity contribution < 1.29 is 9.53 Å². The smallest absolute Gasteiger partial charge is 0.219 e. The molecule has 0 saturated carbocycles. The van der Waals surface area contributed by atoms with Crippen molar-refractivity contribution in [3.63, 3.8) is 0 Å². The van der Waals surface area contributed by atoms with Gasteiger partial charge in [0.25, 0.3) is 0 Å². The van der Waals surface area contributed by atoms with Crippen LogP contribution in [0.1, 0.15) is 50.2 Å². The number of hydrogen-bond donors (Lipinski definition) is 0. The zero-order chi connectivity index (χ0) is 20.2. The van der Waals surface area contributed by atoms with Gasteiger partial charge in [-0.15, -0.1) is 0 Å². The maximum atomic E-state index is 12.1. The summed E-state index contributed by atoms with van der Waals surface area (Å²) in [6.45, 7) is 5.34. The van der Waals surface area contributed by atoms with E-state index in [4.69, 9.17) is 4.74 Å². The van der Waals surface area contributed by atoms with Crippen molar-refractivity contribution in [2.45, 2.75) is 64.2 Å². The average molecular weight is 397 g/mol. The summed E-state index contributed by atoms with van der Waals surface area (Å²) in [5.41, 5.74) is 2.45. The van der Waals surface area contributed by atoms with Crippen LogP contribution in [0.5, 0.6) is 5.75 Å². The minimum Gasteiger partial charge on any atom is -0.496 e. The number of carbonyl (C=O) groups excluding carboxylic acids is 1. The Hall–Kier alpha value is -2.34. The van der Waals surface area contributed by atoms with Gasteiger partial charge in [0.05, 0.1) is 13.7 Å². The lowest BCUT2D eigenvalue weighted by molar-refractivity contribution is -0.130. The van der Waals surface area contributed by atoms with E-state index in [0.29, 0.717) is 18.6 Å². The van der Waals surface area contributed by atoms with Crippen LogP contribution >= 0.6 is 0 Å². The van der Waals surface area contributed by atoms with Crippen LogP contribution in [0.25, 0.3) is 0 Å². The summed E-state index contributed by atoms with van der Waals surface area (Å²) >= 11 is 0. The second-order valence-electron chi connectivity index (χ2n) is 8.31. The van der Waals surface area contributed by atoms with Gasteiger partial charge >= 0.3 is 0 Å². The van der Waals surface area contributed by atoms with Crippen LogP contribution in [-0.2, 0) is 17.9 Å². The Morgan fingerprint density at radius 3 is 2.79 bits per heavy atom. The van der Waals surface area contributed by atoms with Gasteiger partial charge in [-0.3, -0.25) is 14.4 Å². The monoisotopic (exact) mass is 396 g/mol. The molecule has 1 aromatic carbocycles. The summed E-state index contributed by atoms with van der Waals surface area (Å²) in [5.74, 6) is 1.13. The molecule has 1 amide bonds. The number of nitrogens with zero attached hydrogens (tertiary/aromatic N) is 4. The van der Waals surface area contributed by atoms with Crippen LogP contribution in [-0.4, -0.2) is 57.8 Å². The summed E-state index contributed by atoms with van der Waals surface area (Å²) in [4.78, 5) is 16.8. The molecule has 156 valence electrons. The number of carbonyl (C=O) groups is 1. The molecule has 2 aromatic rings. The summed E-state index contributed by atoms with van der Waals surface area (Å²) < 4.78 is 7.51. The molecule has 2 aliphatic rings. The van der Waals surface area contributed by atoms with E-state index in [-0.39, 0.29) is 5.91 Å². The lowest BCUT2D eigenvalue weighted by atomic mass is 9.96. The van der Waals surface area contributed by atoms with Gasteiger partial charge in [-0.1, -0.05) is 18.9 Å². The fourth-order valence-electron chi connectivity index (χ4n) is 5.07. The van der Waals surface area contributed by atoms with E-state index in [1.165, 1.54) is 24.8 Å². The van der Waals surface area contributed by atoms with Gasteiger partial charge in [-0.05, 0) is 49.6 Å². The molecule has 3 heterocycles. The lowest BCUT2D eigenvalue weighted by Crippen LogP contribution is -2.47. The quantitative estimate of drug-likeness (QED) is 0.778. The highest BCUT2D eigenvalue weighted by Crippen LogP contribution is 2.31. The largest absolute Gasteiger partial charge is 0.496 e. The van der Waals surface area contributed by atoms with Crippen molar-refractivity contribution in [3.8, 4) is 5.75 Å². The number of hydrogen-bond acceptors (Lipinski definition) is 4. The number of benzene rings is 1. The van der Waals surface area contributed by atoms with Gasteiger partial charge in [-0.25, -0.2) is 0 Å². The molecule has 4 rings (SSSR count). The van der Waals surface area contributed by atoms with E-state index >= 15 is 0 Å². The van der Waals surface area contributed by atoms with Crippen LogP contribution in [0.2, 0.25) is 0 Å². The average Bonchev–Trinajstić information content (AvgIpc) is 3.35. The summed E-state index contributed by atoms with van der Waals surface area (Å²) in [5, 5.41) is 4.34. The van der Waals surface area contributed by atoms with E-state index in [1.807, 2.05) is 16.9 Å². The van der Waals surface area contributed by atoms with Crippen LogP contribution in [0.15, 0.2) is 36.7 Å². The second kappa shape index (κ2) is 8.99. The molecule has 1 aromatic heterocycles. The molecule has 2 atom stereocenters. The van der Waals surface area contributed by atoms with E-state index in [1.54, 1.807) is 20.2 Å². The molecule has 0 aliphatic carbocycles. The number of rotatable bonds is 5. The molecule has 0 spiro atoms. The van der Waals surface area contributed by atoms with Crippen molar-refractivity contribution in [1.29, 1.82) is 0 Å². The SMILES string of the molecule is COc1ccc(CN2CCCCC[C@@H]3[C@@H]2CCN3C(C)=O)cc1Cn1cccn1. The van der Waals surface area contributed by atoms with Crippen molar-refractivity contribution in [2.24, 2.45) is 0 Å². The normalized spacial score (nSPS) is 22.8. The van der Waals surface area contributed by atoms with Crippen LogP contribution in [0, 0.1) is 0 Å². The zero-order valence-electron chi connectivity index (χ0n) is 17.6. The highest BCUT2D eigenvalue weighted by Gasteiger charge is 2.39. The maximum absolute atomic E-state index is 12.1. The number of fused-ring (bicyclic) bond motifs is 1. The van der Waals surface area contributed by atoms with E-state index in [0.717, 1.165) is 43.8 Å². The Labute approximate surface area is 173 Å². The first-order valence-corrected chi connectivity index (χ1v) is 10.8. The first-order chi connectivity index (χ1) is 14.2. The van der Waals surface area contributed by atoms with Gasteiger partial charge in [0.2, 0.25) is 5.91 Å². The highest BCUT2D eigenvalue weighted by molar-refractivity contribution is 5.74. The van der Waals surface area contributed by atoms with Gasteiger partial charge < -0.3 is 9.64 Å². The molecular weight excluding hydrogens is 364 g/mol. The molecule has 6 heteroatoms. The molecule has 2 fully saturated rings. The first kappa shape index (κ1) is 20.0. The van der Waals surface area contributed by atoms with Gasteiger partial charge in [-0.2, -0.15) is 5.10 Å². The third kappa shape index (κ3) is 4.47. The Bertz CT molecular complexity index is 820. The fourth-order valence-corrected chi connectivity index (χ4v) is 5.07. The van der Waals surface area contributed by atoms with Gasteiger partial charge in [0, 0.05) is 50.1 Å². The highest BCUT2D eigenvalue weighted by atomic mass is 16.5. The van der Waals surface area contributed by atoms with E-state index in [9.17, 15) is 4.79 Å². The topological polar surface area (TPSA) is 50.6 Å². The molecule has 0 unspecified atom stereocenters. The van der Waals surface area contributed by atoms with Crippen molar-refractivity contribution >= 4 is 5.91 Å². The Kier molecular flexibility index (Phi) is 6.19. The molecule has 0 N–H and O–H groups in total. The van der Waals surface area contributed by atoms with Crippen LogP contribution < -0.4 is 4.74 Å². The fraction of sp³-hybridized carbons (Fsp3) is 0.565. The molecule has 0 bridgehead atoms. The Balaban J connectivity index is 1.54. The Morgan fingerprint density at radius 1 is 1.14 bits per heavy atom. The molecule has 2 aliphatic heterocycles. The number of methoxy groups -OCH3 is 1. The summed E-state index contributed by atoms with van der Waals surface area (Å²) in [6.07, 6.45) is 9.71. The number of aromatic nitrogens is 2. The predicted molar refractivity (Wildman–Crippen MR) is 113 cm³/mol. The van der Waals surface area contributed by atoms with Crippen LogP contribution in [0.4, 0.5) is 0 Å². The molecule has 29 heavy (non-hydrogen) atoms. The molecular formula is C23H32N4O2. The zero-order valence-corrected chi connectivity index (χ0v) is 17.6. The second-order valence-corrected chi connectivity index (χ2v) is 8.31. The molecule has 2 saturated heterocycles. The number of likely N-dealkylation sites (tertiary alicyclic amines) is 2. The van der Waals surface area contributed by atoms with Crippen molar-refractivity contribution in [2.75, 3.05) is 20.2 Å². The lowest BCUT2D eigenvalue weighted by Gasteiger charge is -2.37. The van der Waals surface area contributed by atoms with E-state index < -0.39 is 0 Å². The summed E-state index contributed by atoms with van der Waals surface area (Å²) in [6, 6.07) is 9.29. The van der Waals surface area contributed by atoms with Crippen LogP contribution in [0.3, 0.4) is 0 Å². The van der Waals surface area contributed by atoms with Gasteiger partial charge in [0.15, 0.2) is 0 Å². The third-order valence-electron chi connectivity index (χ3n) is 6.45. The minimum absolute atomic E-state index is 0.226. The number of amides is 1. The summed E-state index contributed by atoms with van der Waals surface area (Å²) in [7, 11) is 1.72. The first-order valence-electron chi connectivity index (χ1n) is 10.8. The molecule has 6 nitrogen and oxygen atoms in total. The maximum Gasteiger partial charge on any atom is 0.219 e. The molecule has 0 radical (unpaired) electrons. The van der Waals surface area contributed by atoms with E-state index in [2.05, 4.69) is 33.1 Å². The standard InChI is InChI=1S/C23H32N4O2/c1-18(28)27-14-10-21-22(27)7-4-3-5-12-25(21)16-19-8-9-23(29-2)20(15-19)17-26-13-6-11-24-26/h6,8-9,11,13,15,21-22H,3-5,7,10,12,14,16-17H2,1-2H3/t21-,22+/m0/s1. The minimum atomic E-state index is 0.226. The number of ether oxygens (including phenoxy) is 1. The third-order valence-corrected chi connectivity index (χ3v) is 6.45. The van der Waals surface area contributed by atoms with Gasteiger partial charge in [0.1, 0.15) is 5.75 Å². The van der Waals surface area contributed by atoms with Crippen molar-refractivity contribution in [1.82, 2.24) is 19.6 Å².